The van der Waals surface area contributed by atoms with Gasteiger partial charge in [0, 0.05) is 35.3 Å². The third-order valence-electron chi connectivity index (χ3n) is 4.01. The van der Waals surface area contributed by atoms with Crippen LogP contribution in [0.2, 0.25) is 0 Å². The highest BCUT2D eigenvalue weighted by Gasteiger charge is 2.28. The Balaban J connectivity index is 1.90. The second-order valence-electron chi connectivity index (χ2n) is 6.96. The molecule has 1 unspecified atom stereocenters. The predicted molar refractivity (Wildman–Crippen MR) is 107 cm³/mol. The minimum Gasteiger partial charge on any atom is -0.591 e. The highest BCUT2D eigenvalue weighted by molar-refractivity contribution is 7.91. The summed E-state index contributed by atoms with van der Waals surface area (Å²) in [4.78, 5) is 2.32. The molecule has 134 valence electrons. The first kappa shape index (κ1) is 18.5. The second-order valence-corrected chi connectivity index (χ2v) is 9.65. The van der Waals surface area contributed by atoms with Gasteiger partial charge >= 0.3 is 0 Å². The second kappa shape index (κ2) is 7.91. The monoisotopic (exact) mass is 376 g/mol. The van der Waals surface area contributed by atoms with Crippen LogP contribution < -0.4 is 4.90 Å². The molecule has 1 atom stereocenters. The summed E-state index contributed by atoms with van der Waals surface area (Å²) in [7, 11) is 0. The zero-order valence-corrected chi connectivity index (χ0v) is 16.5. The van der Waals surface area contributed by atoms with Crippen LogP contribution in [0.3, 0.4) is 0 Å². The largest absolute Gasteiger partial charge is 0.591 e. The maximum Gasteiger partial charge on any atom is 0.144 e. The summed E-state index contributed by atoms with van der Waals surface area (Å²) in [5.41, 5.74) is 3.99. The number of rotatable bonds is 4. The average molecular weight is 377 g/mol. The molecule has 0 saturated carbocycles. The van der Waals surface area contributed by atoms with Gasteiger partial charge in [-0.1, -0.05) is 16.5 Å². The standard InChI is InChI=1S/C19H24N2O2S2/c1-19(2,3)25(22)20-18(16-8-13-24-14-16)15-4-6-17(7-5-15)21-9-11-23-12-10-21/h4-8,13-14H,9-12H2,1-3H3/b20-18+. The summed E-state index contributed by atoms with van der Waals surface area (Å²) in [5, 5.41) is 4.07. The predicted octanol–water partition coefficient (Wildman–Crippen LogP) is 3.88. The first-order valence-corrected chi connectivity index (χ1v) is 10.5. The summed E-state index contributed by atoms with van der Waals surface area (Å²) >= 11 is 0.325. The van der Waals surface area contributed by atoms with Crippen molar-refractivity contribution in [2.45, 2.75) is 25.5 Å². The number of hydrogen-bond donors (Lipinski definition) is 0. The molecule has 3 rings (SSSR count). The molecule has 1 aromatic heterocycles. The van der Waals surface area contributed by atoms with Crippen LogP contribution in [0.5, 0.6) is 0 Å². The van der Waals surface area contributed by atoms with Crippen molar-refractivity contribution in [1.82, 2.24) is 0 Å². The summed E-state index contributed by atoms with van der Waals surface area (Å²) in [6.07, 6.45) is 0. The Morgan fingerprint density at radius 3 is 2.36 bits per heavy atom. The smallest absolute Gasteiger partial charge is 0.144 e. The van der Waals surface area contributed by atoms with Crippen molar-refractivity contribution in [3.05, 3.63) is 52.2 Å². The Labute approximate surface area is 156 Å². The number of thiophene rings is 1. The molecule has 4 nitrogen and oxygen atoms in total. The van der Waals surface area contributed by atoms with Crippen LogP contribution in [0, 0.1) is 0 Å². The fraction of sp³-hybridized carbons (Fsp3) is 0.421. The van der Waals surface area contributed by atoms with Gasteiger partial charge in [-0.15, -0.1) is 0 Å². The maximum atomic E-state index is 12.6. The van der Waals surface area contributed by atoms with E-state index < -0.39 is 11.4 Å². The Bertz CT molecular complexity index is 700. The van der Waals surface area contributed by atoms with E-state index in [2.05, 4.69) is 38.9 Å². The molecule has 25 heavy (non-hydrogen) atoms. The minimum absolute atomic E-state index is 0.380. The van der Waals surface area contributed by atoms with Gasteiger partial charge in [0.25, 0.3) is 0 Å². The van der Waals surface area contributed by atoms with Crippen molar-refractivity contribution < 1.29 is 9.29 Å². The molecule has 0 N–H and O–H groups in total. The number of ether oxygens (including phenoxy) is 1. The molecule has 2 heterocycles. The van der Waals surface area contributed by atoms with Gasteiger partial charge < -0.3 is 14.2 Å². The third kappa shape index (κ3) is 4.64. The van der Waals surface area contributed by atoms with Crippen molar-refractivity contribution in [3.63, 3.8) is 0 Å². The molecule has 0 bridgehead atoms. The van der Waals surface area contributed by atoms with Gasteiger partial charge in [0.05, 0.1) is 13.2 Å². The lowest BCUT2D eigenvalue weighted by Crippen LogP contribution is -2.36. The molecule has 1 aliphatic rings. The zero-order chi connectivity index (χ0) is 17.9. The van der Waals surface area contributed by atoms with Crippen LogP contribution in [0.25, 0.3) is 0 Å². The molecular formula is C19H24N2O2S2. The van der Waals surface area contributed by atoms with E-state index >= 15 is 0 Å². The van der Waals surface area contributed by atoms with Crippen LogP contribution in [0.15, 0.2) is 45.5 Å². The number of benzene rings is 1. The first-order chi connectivity index (χ1) is 11.9. The summed E-state index contributed by atoms with van der Waals surface area (Å²) in [6.45, 7) is 9.21. The van der Waals surface area contributed by atoms with E-state index in [-0.39, 0.29) is 4.75 Å². The van der Waals surface area contributed by atoms with Gasteiger partial charge in [0.2, 0.25) is 0 Å². The van der Waals surface area contributed by atoms with E-state index in [9.17, 15) is 4.55 Å². The van der Waals surface area contributed by atoms with Crippen LogP contribution in [-0.4, -0.2) is 41.3 Å². The first-order valence-electron chi connectivity index (χ1n) is 8.41. The van der Waals surface area contributed by atoms with Crippen LogP contribution in [0.1, 0.15) is 31.9 Å². The SMILES string of the molecule is CC(C)(C)[S+]([O-])/N=C(\c1ccc(N2CCOCC2)cc1)c1ccsc1. The van der Waals surface area contributed by atoms with E-state index in [1.165, 1.54) is 5.69 Å². The van der Waals surface area contributed by atoms with Crippen LogP contribution >= 0.6 is 11.3 Å². The number of anilines is 1. The lowest BCUT2D eigenvalue weighted by atomic mass is 10.0. The van der Waals surface area contributed by atoms with Crippen molar-refractivity contribution >= 4 is 34.1 Å². The van der Waals surface area contributed by atoms with Gasteiger partial charge in [0.1, 0.15) is 21.8 Å². The summed E-state index contributed by atoms with van der Waals surface area (Å²) in [6, 6.07) is 10.4. The minimum atomic E-state index is -1.30. The number of morpholine rings is 1. The lowest BCUT2D eigenvalue weighted by molar-refractivity contribution is 0.122. The van der Waals surface area contributed by atoms with Crippen LogP contribution in [-0.2, 0) is 16.1 Å². The molecule has 2 aromatic rings. The highest BCUT2D eigenvalue weighted by atomic mass is 32.2. The molecule has 1 aliphatic heterocycles. The molecule has 0 amide bonds. The maximum absolute atomic E-state index is 12.6. The molecular weight excluding hydrogens is 352 g/mol. The average Bonchev–Trinajstić information content (AvgIpc) is 3.14. The van der Waals surface area contributed by atoms with Crippen LogP contribution in [0.4, 0.5) is 5.69 Å². The molecule has 0 spiro atoms. The van der Waals surface area contributed by atoms with E-state index in [0.717, 1.165) is 43.1 Å². The number of nitrogens with zero attached hydrogens (tertiary/aromatic N) is 2. The fourth-order valence-electron chi connectivity index (χ4n) is 2.54. The van der Waals surface area contributed by atoms with Crippen molar-refractivity contribution in [2.24, 2.45) is 4.40 Å². The van der Waals surface area contributed by atoms with Crippen molar-refractivity contribution in [3.8, 4) is 0 Å². The molecule has 1 aromatic carbocycles. The normalized spacial score (nSPS) is 17.6. The molecule has 6 heteroatoms. The Hall–Kier alpha value is -1.34. The van der Waals surface area contributed by atoms with E-state index in [1.807, 2.05) is 32.2 Å². The Kier molecular flexibility index (Phi) is 5.84. The van der Waals surface area contributed by atoms with E-state index in [1.54, 1.807) is 11.3 Å². The highest BCUT2D eigenvalue weighted by Crippen LogP contribution is 2.23. The van der Waals surface area contributed by atoms with E-state index in [4.69, 9.17) is 4.74 Å². The summed E-state index contributed by atoms with van der Waals surface area (Å²) in [5.74, 6) is 0. The van der Waals surface area contributed by atoms with Gasteiger partial charge in [-0.25, -0.2) is 0 Å². The fourth-order valence-corrected chi connectivity index (χ4v) is 3.83. The Morgan fingerprint density at radius 1 is 1.12 bits per heavy atom. The Morgan fingerprint density at radius 2 is 1.80 bits per heavy atom. The lowest BCUT2D eigenvalue weighted by Gasteiger charge is -2.29. The van der Waals surface area contributed by atoms with E-state index in [0.29, 0.717) is 0 Å². The van der Waals surface area contributed by atoms with Crippen molar-refractivity contribution in [1.29, 1.82) is 0 Å². The molecule has 1 saturated heterocycles. The third-order valence-corrected chi connectivity index (χ3v) is 6.09. The van der Waals surface area contributed by atoms with Gasteiger partial charge in [0.15, 0.2) is 0 Å². The molecule has 1 fully saturated rings. The van der Waals surface area contributed by atoms with Gasteiger partial charge in [-0.2, -0.15) is 11.3 Å². The topological polar surface area (TPSA) is 47.9 Å². The summed E-state index contributed by atoms with van der Waals surface area (Å²) < 4.78 is 22.2. The molecule has 0 aliphatic carbocycles. The quantitative estimate of drug-likeness (QED) is 0.601. The van der Waals surface area contributed by atoms with Gasteiger partial charge in [-0.3, -0.25) is 0 Å². The molecule has 0 radical (unpaired) electrons. The zero-order valence-electron chi connectivity index (χ0n) is 14.9. The van der Waals surface area contributed by atoms with Crippen molar-refractivity contribution in [2.75, 3.05) is 31.2 Å². The number of hydrogen-bond acceptors (Lipinski definition) is 5. The van der Waals surface area contributed by atoms with Gasteiger partial charge in [-0.05, 0) is 44.4 Å².